The zero-order chi connectivity index (χ0) is 24.2. The number of benzene rings is 2. The standard InChI is InChI=1S/C29H33N3O3/c1-29(27(30)33,16-22-17-31-25-10-6-5-9-24(22)25)32(23-7-3-2-4-8-23)28(34)35-26-20-12-18-11-19(14-20)15-21(26)13-18/h2-10,17-21,26,31H,11-16H2,1H3,(H2,30,33). The van der Waals surface area contributed by atoms with E-state index in [-0.39, 0.29) is 12.5 Å². The minimum atomic E-state index is -1.31. The molecule has 0 aliphatic heterocycles. The molecule has 1 atom stereocenters. The number of nitrogens with one attached hydrogen (secondary N) is 1. The molecule has 4 aliphatic rings. The molecule has 2 amide bonds. The fourth-order valence-electron chi connectivity index (χ4n) is 7.33. The number of hydrogen-bond acceptors (Lipinski definition) is 3. The van der Waals surface area contributed by atoms with Gasteiger partial charge in [-0.15, -0.1) is 0 Å². The molecule has 0 saturated heterocycles. The van der Waals surface area contributed by atoms with Crippen molar-refractivity contribution in [2.24, 2.45) is 29.4 Å². The maximum Gasteiger partial charge on any atom is 0.415 e. The number of fused-ring (bicyclic) bond motifs is 1. The fourth-order valence-corrected chi connectivity index (χ4v) is 7.33. The highest BCUT2D eigenvalue weighted by Crippen LogP contribution is 2.54. The second-order valence-electron chi connectivity index (χ2n) is 11.1. The first kappa shape index (κ1) is 22.2. The number of aromatic nitrogens is 1. The van der Waals surface area contributed by atoms with Crippen LogP contribution in [0.4, 0.5) is 10.5 Å². The predicted molar refractivity (Wildman–Crippen MR) is 136 cm³/mol. The molecule has 0 radical (unpaired) electrons. The van der Waals surface area contributed by atoms with Crippen molar-refractivity contribution in [3.63, 3.8) is 0 Å². The number of nitrogens with zero attached hydrogens (tertiary/aromatic N) is 1. The van der Waals surface area contributed by atoms with Crippen molar-refractivity contribution in [1.29, 1.82) is 0 Å². The summed E-state index contributed by atoms with van der Waals surface area (Å²) in [6.07, 6.45) is 7.57. The van der Waals surface area contributed by atoms with E-state index >= 15 is 0 Å². The van der Waals surface area contributed by atoms with E-state index in [0.29, 0.717) is 17.5 Å². The number of rotatable bonds is 6. The van der Waals surface area contributed by atoms with Crippen LogP contribution in [-0.4, -0.2) is 28.6 Å². The maximum atomic E-state index is 14.0. The molecule has 0 spiro atoms. The van der Waals surface area contributed by atoms with E-state index in [1.165, 1.54) is 11.3 Å². The van der Waals surface area contributed by atoms with E-state index in [0.717, 1.165) is 54.0 Å². The summed E-state index contributed by atoms with van der Waals surface area (Å²) in [5.41, 5.74) is 7.28. The molecule has 3 aromatic rings. The normalized spacial score (nSPS) is 28.5. The summed E-state index contributed by atoms with van der Waals surface area (Å²) >= 11 is 0. The van der Waals surface area contributed by atoms with Gasteiger partial charge in [0, 0.05) is 29.2 Å². The lowest BCUT2D eigenvalue weighted by Gasteiger charge is -2.53. The van der Waals surface area contributed by atoms with Gasteiger partial charge in [0.1, 0.15) is 11.6 Å². The van der Waals surface area contributed by atoms with Gasteiger partial charge in [-0.05, 0) is 86.5 Å². The van der Waals surface area contributed by atoms with E-state index in [4.69, 9.17) is 10.5 Å². The van der Waals surface area contributed by atoms with Crippen LogP contribution in [0.15, 0.2) is 60.8 Å². The third-order valence-corrected chi connectivity index (χ3v) is 8.81. The number of H-pyrrole nitrogens is 1. The van der Waals surface area contributed by atoms with Crippen LogP contribution in [0.1, 0.15) is 44.6 Å². The number of ether oxygens (including phenoxy) is 1. The van der Waals surface area contributed by atoms with Crippen LogP contribution in [0.5, 0.6) is 0 Å². The summed E-state index contributed by atoms with van der Waals surface area (Å²) in [7, 11) is 0. The molecule has 6 heteroatoms. The van der Waals surface area contributed by atoms with Crippen molar-refractivity contribution >= 4 is 28.6 Å². The Balaban J connectivity index is 1.35. The third-order valence-electron chi connectivity index (χ3n) is 8.81. The average molecular weight is 472 g/mol. The van der Waals surface area contributed by atoms with Crippen LogP contribution in [0.3, 0.4) is 0 Å². The smallest absolute Gasteiger partial charge is 0.415 e. The Bertz CT molecular complexity index is 1220. The molecule has 2 aromatic carbocycles. The van der Waals surface area contributed by atoms with Gasteiger partial charge in [-0.25, -0.2) is 4.79 Å². The molecule has 4 saturated carbocycles. The monoisotopic (exact) mass is 471 g/mol. The summed E-state index contributed by atoms with van der Waals surface area (Å²) < 4.78 is 6.32. The number of carbonyl (C=O) groups is 2. The molecular formula is C29H33N3O3. The molecule has 1 heterocycles. The number of carbonyl (C=O) groups excluding carboxylic acids is 2. The minimum absolute atomic E-state index is 0.0771. The largest absolute Gasteiger partial charge is 0.445 e. The van der Waals surface area contributed by atoms with Gasteiger partial charge in [0.2, 0.25) is 5.91 Å². The lowest BCUT2D eigenvalue weighted by molar-refractivity contribution is -0.123. The number of hydrogen-bond donors (Lipinski definition) is 2. The second kappa shape index (κ2) is 8.43. The van der Waals surface area contributed by atoms with Gasteiger partial charge >= 0.3 is 6.09 Å². The van der Waals surface area contributed by atoms with Crippen molar-refractivity contribution in [1.82, 2.24) is 4.98 Å². The average Bonchev–Trinajstić information content (AvgIpc) is 3.24. The third kappa shape index (κ3) is 3.79. The van der Waals surface area contributed by atoms with Crippen LogP contribution in [-0.2, 0) is 16.0 Å². The fraction of sp³-hybridized carbons (Fsp3) is 0.448. The van der Waals surface area contributed by atoms with Crippen LogP contribution in [0.25, 0.3) is 10.9 Å². The second-order valence-corrected chi connectivity index (χ2v) is 11.1. The highest BCUT2D eigenvalue weighted by atomic mass is 16.6. The number of primary amides is 1. The first-order valence-electron chi connectivity index (χ1n) is 12.8. The lowest BCUT2D eigenvalue weighted by atomic mass is 9.55. The molecule has 1 unspecified atom stereocenters. The lowest BCUT2D eigenvalue weighted by Crippen LogP contribution is -2.61. The van der Waals surface area contributed by atoms with Crippen LogP contribution < -0.4 is 10.6 Å². The zero-order valence-corrected chi connectivity index (χ0v) is 20.2. The Morgan fingerprint density at radius 1 is 0.971 bits per heavy atom. The van der Waals surface area contributed by atoms with Gasteiger partial charge < -0.3 is 15.5 Å². The van der Waals surface area contributed by atoms with Gasteiger partial charge in [0.15, 0.2) is 0 Å². The van der Waals surface area contributed by atoms with Crippen molar-refractivity contribution in [2.45, 2.75) is 57.1 Å². The zero-order valence-electron chi connectivity index (χ0n) is 20.2. The van der Waals surface area contributed by atoms with E-state index in [2.05, 4.69) is 4.98 Å². The van der Waals surface area contributed by atoms with Gasteiger partial charge in [-0.3, -0.25) is 9.69 Å². The van der Waals surface area contributed by atoms with Gasteiger partial charge in [-0.2, -0.15) is 0 Å². The molecule has 4 fully saturated rings. The molecule has 4 bridgehead atoms. The van der Waals surface area contributed by atoms with Crippen LogP contribution in [0.2, 0.25) is 0 Å². The van der Waals surface area contributed by atoms with E-state index < -0.39 is 17.5 Å². The molecule has 7 rings (SSSR count). The summed E-state index contributed by atoms with van der Waals surface area (Å²) in [5, 5.41) is 1.02. The quantitative estimate of drug-likeness (QED) is 0.503. The SMILES string of the molecule is CC(Cc1c[nH]c2ccccc12)(C(N)=O)N(C(=O)OC1C2CC3CC(C2)CC1C3)c1ccccc1. The van der Waals surface area contributed by atoms with Gasteiger partial charge in [0.05, 0.1) is 0 Å². The van der Waals surface area contributed by atoms with Crippen molar-refractivity contribution in [3.05, 3.63) is 66.4 Å². The summed E-state index contributed by atoms with van der Waals surface area (Å²) in [4.78, 5) is 31.8. The number of aromatic amines is 1. The maximum absolute atomic E-state index is 14.0. The first-order chi connectivity index (χ1) is 16.9. The molecular weight excluding hydrogens is 438 g/mol. The van der Waals surface area contributed by atoms with E-state index in [1.807, 2.05) is 60.8 Å². The summed E-state index contributed by atoms with van der Waals surface area (Å²) in [6, 6.07) is 17.3. The number of para-hydroxylation sites is 2. The van der Waals surface area contributed by atoms with Crippen molar-refractivity contribution in [2.75, 3.05) is 4.90 Å². The Kier molecular flexibility index (Phi) is 5.35. The highest BCUT2D eigenvalue weighted by molar-refractivity contribution is 6.00. The Hall–Kier alpha value is -3.28. The molecule has 3 N–H and O–H groups in total. The topological polar surface area (TPSA) is 88.4 Å². The van der Waals surface area contributed by atoms with E-state index in [9.17, 15) is 9.59 Å². The molecule has 182 valence electrons. The Morgan fingerprint density at radius 3 is 2.26 bits per heavy atom. The van der Waals surface area contributed by atoms with Gasteiger partial charge in [0.25, 0.3) is 0 Å². The summed E-state index contributed by atoms with van der Waals surface area (Å²) in [6.45, 7) is 1.75. The number of anilines is 1. The molecule has 4 aliphatic carbocycles. The Labute approximate surface area is 205 Å². The number of amides is 2. The van der Waals surface area contributed by atoms with Crippen LogP contribution >= 0.6 is 0 Å². The highest BCUT2D eigenvalue weighted by Gasteiger charge is 2.51. The molecule has 6 nitrogen and oxygen atoms in total. The summed E-state index contributed by atoms with van der Waals surface area (Å²) in [5.74, 6) is 1.88. The Morgan fingerprint density at radius 2 is 1.60 bits per heavy atom. The van der Waals surface area contributed by atoms with Crippen LogP contribution in [0, 0.1) is 23.7 Å². The first-order valence-corrected chi connectivity index (χ1v) is 12.8. The molecule has 1 aromatic heterocycles. The number of nitrogens with two attached hydrogens (primary N) is 1. The predicted octanol–water partition coefficient (Wildman–Crippen LogP) is 5.42. The van der Waals surface area contributed by atoms with Crippen molar-refractivity contribution < 1.29 is 14.3 Å². The molecule has 35 heavy (non-hydrogen) atoms. The van der Waals surface area contributed by atoms with E-state index in [1.54, 1.807) is 6.92 Å². The minimum Gasteiger partial charge on any atom is -0.445 e. The van der Waals surface area contributed by atoms with Crippen molar-refractivity contribution in [3.8, 4) is 0 Å². The van der Waals surface area contributed by atoms with Gasteiger partial charge in [-0.1, -0.05) is 36.4 Å².